The van der Waals surface area contributed by atoms with E-state index in [4.69, 9.17) is 0 Å². The fourth-order valence-corrected chi connectivity index (χ4v) is 2.04. The average Bonchev–Trinajstić information content (AvgIpc) is 3.08. The molecule has 102 valence electrons. The lowest BCUT2D eigenvalue weighted by atomic mass is 10.1. The molecule has 21 heavy (non-hydrogen) atoms. The molecule has 3 nitrogen and oxygen atoms in total. The Balaban J connectivity index is 1.75. The molecule has 0 N–H and O–H groups in total. The third kappa shape index (κ3) is 3.15. The molecule has 0 amide bonds. The molecule has 1 aromatic heterocycles. The Morgan fingerprint density at radius 1 is 1.00 bits per heavy atom. The first-order valence-electron chi connectivity index (χ1n) is 6.69. The Kier molecular flexibility index (Phi) is 3.74. The predicted molar refractivity (Wildman–Crippen MR) is 83.4 cm³/mol. The largest absolute Gasteiger partial charge is 0.306 e. The normalized spacial score (nSPS) is 10.9. The summed E-state index contributed by atoms with van der Waals surface area (Å²) < 4.78 is 1.90. The van der Waals surface area contributed by atoms with Crippen molar-refractivity contribution in [2.45, 2.75) is 0 Å². The lowest BCUT2D eigenvalue weighted by Crippen LogP contribution is -1.96. The summed E-state index contributed by atoms with van der Waals surface area (Å²) in [5.74, 6) is -0.00367. The summed E-state index contributed by atoms with van der Waals surface area (Å²) in [5.41, 5.74) is 2.67. The molecule has 0 atom stereocenters. The highest BCUT2D eigenvalue weighted by Crippen LogP contribution is 2.11. The fraction of sp³-hybridized carbons (Fsp3) is 0. The standard InChI is InChI=1S/C18H14N2O/c21-18(11-6-15-4-2-1-3-5-15)16-7-9-17(10-8-16)20-13-12-19-14-20/h1-14H/b11-6+. The van der Waals surface area contributed by atoms with Crippen LogP contribution in [0.25, 0.3) is 11.8 Å². The lowest BCUT2D eigenvalue weighted by molar-refractivity contribution is 0.104. The van der Waals surface area contributed by atoms with Gasteiger partial charge in [0.25, 0.3) is 0 Å². The van der Waals surface area contributed by atoms with E-state index in [2.05, 4.69) is 4.98 Å². The van der Waals surface area contributed by atoms with Gasteiger partial charge >= 0.3 is 0 Å². The zero-order valence-corrected chi connectivity index (χ0v) is 11.4. The van der Waals surface area contributed by atoms with E-state index in [-0.39, 0.29) is 5.78 Å². The number of benzene rings is 2. The number of hydrogen-bond acceptors (Lipinski definition) is 2. The summed E-state index contributed by atoms with van der Waals surface area (Å²) in [7, 11) is 0. The van der Waals surface area contributed by atoms with Crippen LogP contribution in [0.3, 0.4) is 0 Å². The third-order valence-corrected chi connectivity index (χ3v) is 3.18. The first-order valence-corrected chi connectivity index (χ1v) is 6.69. The maximum Gasteiger partial charge on any atom is 0.185 e. The van der Waals surface area contributed by atoms with Gasteiger partial charge < -0.3 is 4.57 Å². The van der Waals surface area contributed by atoms with Gasteiger partial charge in [0.1, 0.15) is 0 Å². The fourth-order valence-electron chi connectivity index (χ4n) is 2.04. The van der Waals surface area contributed by atoms with Crippen LogP contribution in [0.4, 0.5) is 0 Å². The van der Waals surface area contributed by atoms with Crippen molar-refractivity contribution in [1.82, 2.24) is 9.55 Å². The van der Waals surface area contributed by atoms with Crippen LogP contribution in [0, 0.1) is 0 Å². The summed E-state index contributed by atoms with van der Waals surface area (Å²) in [5, 5.41) is 0. The van der Waals surface area contributed by atoms with Crippen molar-refractivity contribution in [3.8, 4) is 5.69 Å². The molecule has 0 aliphatic carbocycles. The van der Waals surface area contributed by atoms with Crippen molar-refractivity contribution in [2.75, 3.05) is 0 Å². The van der Waals surface area contributed by atoms with Crippen molar-refractivity contribution < 1.29 is 4.79 Å². The Morgan fingerprint density at radius 3 is 2.43 bits per heavy atom. The van der Waals surface area contributed by atoms with Crippen molar-refractivity contribution in [2.24, 2.45) is 0 Å². The SMILES string of the molecule is O=C(/C=C/c1ccccc1)c1ccc(-n2ccnc2)cc1. The van der Waals surface area contributed by atoms with E-state index in [0.717, 1.165) is 11.3 Å². The molecule has 0 spiro atoms. The molecule has 0 fully saturated rings. The van der Waals surface area contributed by atoms with E-state index in [1.807, 2.05) is 71.4 Å². The number of aromatic nitrogens is 2. The van der Waals surface area contributed by atoms with Gasteiger partial charge in [-0.3, -0.25) is 4.79 Å². The van der Waals surface area contributed by atoms with Crippen molar-refractivity contribution in [3.63, 3.8) is 0 Å². The molecule has 0 saturated carbocycles. The van der Waals surface area contributed by atoms with Gasteiger partial charge in [0.15, 0.2) is 5.78 Å². The monoisotopic (exact) mass is 274 g/mol. The van der Waals surface area contributed by atoms with Gasteiger partial charge in [-0.15, -0.1) is 0 Å². The average molecular weight is 274 g/mol. The smallest absolute Gasteiger partial charge is 0.185 e. The van der Waals surface area contributed by atoms with Crippen LogP contribution < -0.4 is 0 Å². The second kappa shape index (κ2) is 6.01. The van der Waals surface area contributed by atoms with E-state index < -0.39 is 0 Å². The number of nitrogens with zero attached hydrogens (tertiary/aromatic N) is 2. The molecule has 0 unspecified atom stereocenters. The molecular weight excluding hydrogens is 260 g/mol. The number of rotatable bonds is 4. The van der Waals surface area contributed by atoms with Gasteiger partial charge in [0.2, 0.25) is 0 Å². The summed E-state index contributed by atoms with van der Waals surface area (Å²) in [6, 6.07) is 17.2. The summed E-state index contributed by atoms with van der Waals surface area (Å²) in [4.78, 5) is 16.1. The molecule has 0 aliphatic heterocycles. The van der Waals surface area contributed by atoms with Crippen LogP contribution in [0.5, 0.6) is 0 Å². The molecule has 3 rings (SSSR count). The van der Waals surface area contributed by atoms with Gasteiger partial charge in [-0.1, -0.05) is 36.4 Å². The van der Waals surface area contributed by atoms with Crippen LogP contribution in [0.1, 0.15) is 15.9 Å². The summed E-state index contributed by atoms with van der Waals surface area (Å²) in [6.07, 6.45) is 8.74. The molecule has 1 heterocycles. The Hall–Kier alpha value is -2.94. The zero-order chi connectivity index (χ0) is 14.5. The molecular formula is C18H14N2O. The lowest BCUT2D eigenvalue weighted by Gasteiger charge is -2.02. The summed E-state index contributed by atoms with van der Waals surface area (Å²) >= 11 is 0. The van der Waals surface area contributed by atoms with Crippen molar-refractivity contribution >= 4 is 11.9 Å². The Labute approximate surface area is 123 Å². The van der Waals surface area contributed by atoms with E-state index >= 15 is 0 Å². The third-order valence-electron chi connectivity index (χ3n) is 3.18. The molecule has 0 saturated heterocycles. The highest BCUT2D eigenvalue weighted by molar-refractivity contribution is 6.06. The Bertz CT molecular complexity index is 742. The maximum atomic E-state index is 12.1. The molecule has 3 aromatic rings. The molecule has 2 aromatic carbocycles. The molecule has 0 aliphatic rings. The van der Waals surface area contributed by atoms with Crippen LogP contribution in [-0.2, 0) is 0 Å². The quantitative estimate of drug-likeness (QED) is 0.536. The van der Waals surface area contributed by atoms with E-state index in [9.17, 15) is 4.79 Å². The number of carbonyl (C=O) groups excluding carboxylic acids is 1. The van der Waals surface area contributed by atoms with Crippen LogP contribution in [0.15, 0.2) is 79.4 Å². The van der Waals surface area contributed by atoms with Crippen LogP contribution in [-0.4, -0.2) is 15.3 Å². The highest BCUT2D eigenvalue weighted by atomic mass is 16.1. The number of ketones is 1. The van der Waals surface area contributed by atoms with Gasteiger partial charge in [-0.2, -0.15) is 0 Å². The maximum absolute atomic E-state index is 12.1. The predicted octanol–water partition coefficient (Wildman–Crippen LogP) is 3.77. The van der Waals surface area contributed by atoms with Crippen molar-refractivity contribution in [1.29, 1.82) is 0 Å². The minimum Gasteiger partial charge on any atom is -0.306 e. The number of hydrogen-bond donors (Lipinski definition) is 0. The minimum absolute atomic E-state index is 0.00367. The van der Waals surface area contributed by atoms with Crippen molar-refractivity contribution in [3.05, 3.63) is 90.5 Å². The molecule has 0 radical (unpaired) electrons. The summed E-state index contributed by atoms with van der Waals surface area (Å²) in [6.45, 7) is 0. The van der Waals surface area contributed by atoms with E-state index in [1.54, 1.807) is 18.6 Å². The first kappa shape index (κ1) is 13.1. The number of carbonyl (C=O) groups is 1. The zero-order valence-electron chi connectivity index (χ0n) is 11.4. The topological polar surface area (TPSA) is 34.9 Å². The molecule has 3 heteroatoms. The van der Waals surface area contributed by atoms with Gasteiger partial charge in [0.05, 0.1) is 6.33 Å². The second-order valence-electron chi connectivity index (χ2n) is 4.63. The Morgan fingerprint density at radius 2 is 1.76 bits per heavy atom. The van der Waals surface area contributed by atoms with Gasteiger partial charge in [-0.25, -0.2) is 4.98 Å². The van der Waals surface area contributed by atoms with E-state index in [0.29, 0.717) is 5.56 Å². The van der Waals surface area contributed by atoms with E-state index in [1.165, 1.54) is 0 Å². The van der Waals surface area contributed by atoms with Gasteiger partial charge in [0, 0.05) is 23.6 Å². The number of allylic oxidation sites excluding steroid dienone is 1. The minimum atomic E-state index is -0.00367. The number of imidazole rings is 1. The van der Waals surface area contributed by atoms with Crippen LogP contribution >= 0.6 is 0 Å². The molecule has 0 bridgehead atoms. The second-order valence-corrected chi connectivity index (χ2v) is 4.63. The highest BCUT2D eigenvalue weighted by Gasteiger charge is 2.02. The van der Waals surface area contributed by atoms with Crippen LogP contribution in [0.2, 0.25) is 0 Å². The first-order chi connectivity index (χ1) is 10.3. The van der Waals surface area contributed by atoms with Gasteiger partial charge in [-0.05, 0) is 35.9 Å².